The van der Waals surface area contributed by atoms with Gasteiger partial charge in [-0.2, -0.15) is 0 Å². The lowest BCUT2D eigenvalue weighted by Crippen LogP contribution is -2.26. The van der Waals surface area contributed by atoms with Crippen LogP contribution in [0.2, 0.25) is 0 Å². The van der Waals surface area contributed by atoms with Crippen LogP contribution in [-0.2, 0) is 0 Å². The summed E-state index contributed by atoms with van der Waals surface area (Å²) in [6.45, 7) is 8.64. The van der Waals surface area contributed by atoms with E-state index in [9.17, 15) is 0 Å². The molecule has 2 nitrogen and oxygen atoms in total. The Labute approximate surface area is 109 Å². The predicted octanol–water partition coefficient (Wildman–Crippen LogP) is 4.15. The average molecular weight is 255 g/mol. The van der Waals surface area contributed by atoms with Crippen molar-refractivity contribution in [2.75, 3.05) is 5.75 Å². The Balaban J connectivity index is 2.67. The molecule has 0 aliphatic heterocycles. The van der Waals surface area contributed by atoms with Gasteiger partial charge >= 0.3 is 0 Å². The highest BCUT2D eigenvalue weighted by Gasteiger charge is 2.22. The fraction of sp³-hybridized carbons (Fsp3) is 0.714. The van der Waals surface area contributed by atoms with E-state index in [1.807, 2.05) is 24.8 Å². The number of rotatable bonds is 7. The van der Waals surface area contributed by atoms with Gasteiger partial charge in [-0.05, 0) is 37.1 Å². The molecule has 98 valence electrons. The maximum atomic E-state index is 6.21. The van der Waals surface area contributed by atoms with Gasteiger partial charge in [0.05, 0.1) is 5.25 Å². The van der Waals surface area contributed by atoms with Crippen LogP contribution < -0.4 is 5.73 Å². The minimum atomic E-state index is 0.176. The molecule has 0 fully saturated rings. The molecule has 0 radical (unpaired) electrons. The third-order valence-corrected chi connectivity index (χ3v) is 4.86. The van der Waals surface area contributed by atoms with Crippen LogP contribution in [0.5, 0.6) is 0 Å². The lowest BCUT2D eigenvalue weighted by molar-refractivity contribution is 0.454. The number of hydrogen-bond donors (Lipinski definition) is 1. The van der Waals surface area contributed by atoms with E-state index >= 15 is 0 Å². The molecule has 0 bridgehead atoms. The summed E-state index contributed by atoms with van der Waals surface area (Å²) >= 11 is 1.93. The second kappa shape index (κ2) is 7.12. The Morgan fingerprint density at radius 2 is 2.00 bits per heavy atom. The van der Waals surface area contributed by atoms with Crippen LogP contribution in [0.4, 0.5) is 0 Å². The Morgan fingerprint density at radius 1 is 1.29 bits per heavy atom. The van der Waals surface area contributed by atoms with Gasteiger partial charge in [0.15, 0.2) is 0 Å². The Kier molecular flexibility index (Phi) is 6.14. The molecule has 3 atom stereocenters. The largest absolute Gasteiger partial charge is 0.465 e. The molecular formula is C14H25NOS. The van der Waals surface area contributed by atoms with Crippen molar-refractivity contribution in [1.82, 2.24) is 0 Å². The van der Waals surface area contributed by atoms with Crippen molar-refractivity contribution >= 4 is 11.8 Å². The molecule has 0 spiro atoms. The van der Waals surface area contributed by atoms with Crippen molar-refractivity contribution in [3.05, 3.63) is 23.7 Å². The SMILES string of the molecule is CCC(C)CSC(c1ccc(C)o1)C(N)CC. The first kappa shape index (κ1) is 14.7. The first-order valence-corrected chi connectivity index (χ1v) is 7.56. The van der Waals surface area contributed by atoms with Gasteiger partial charge in [0.1, 0.15) is 11.5 Å². The quantitative estimate of drug-likeness (QED) is 0.795. The van der Waals surface area contributed by atoms with Gasteiger partial charge in [0.2, 0.25) is 0 Å². The second-order valence-corrected chi connectivity index (χ2v) is 5.96. The van der Waals surface area contributed by atoms with Gasteiger partial charge in [-0.1, -0.05) is 27.2 Å². The zero-order valence-electron chi connectivity index (χ0n) is 11.4. The van der Waals surface area contributed by atoms with Crippen molar-refractivity contribution < 1.29 is 4.42 Å². The molecule has 0 amide bonds. The van der Waals surface area contributed by atoms with Gasteiger partial charge in [-0.25, -0.2) is 0 Å². The number of aryl methyl sites for hydroxylation is 1. The highest BCUT2D eigenvalue weighted by Crippen LogP contribution is 2.35. The number of furan rings is 1. The smallest absolute Gasteiger partial charge is 0.118 e. The summed E-state index contributed by atoms with van der Waals surface area (Å²) < 4.78 is 5.73. The van der Waals surface area contributed by atoms with Crippen molar-refractivity contribution in [2.45, 2.75) is 51.8 Å². The molecule has 0 aromatic carbocycles. The van der Waals surface area contributed by atoms with E-state index < -0.39 is 0 Å². The summed E-state index contributed by atoms with van der Waals surface area (Å²) in [6.07, 6.45) is 2.20. The average Bonchev–Trinajstić information content (AvgIpc) is 2.75. The number of nitrogens with two attached hydrogens (primary N) is 1. The van der Waals surface area contributed by atoms with Crippen LogP contribution in [0.15, 0.2) is 16.5 Å². The monoisotopic (exact) mass is 255 g/mol. The molecule has 0 saturated heterocycles. The minimum absolute atomic E-state index is 0.176. The fourth-order valence-corrected chi connectivity index (χ4v) is 3.13. The van der Waals surface area contributed by atoms with Gasteiger partial charge < -0.3 is 10.2 Å². The van der Waals surface area contributed by atoms with E-state index in [1.165, 1.54) is 6.42 Å². The molecule has 1 aromatic rings. The summed E-state index contributed by atoms with van der Waals surface area (Å²) in [5, 5.41) is 0.294. The van der Waals surface area contributed by atoms with E-state index in [0.717, 1.165) is 29.6 Å². The van der Waals surface area contributed by atoms with Crippen LogP contribution in [0.3, 0.4) is 0 Å². The summed E-state index contributed by atoms with van der Waals surface area (Å²) in [7, 11) is 0. The molecule has 1 rings (SSSR count). The van der Waals surface area contributed by atoms with E-state index in [2.05, 4.69) is 26.8 Å². The van der Waals surface area contributed by atoms with Crippen LogP contribution in [0.25, 0.3) is 0 Å². The minimum Gasteiger partial charge on any atom is -0.465 e. The third-order valence-electron chi connectivity index (χ3n) is 3.16. The van der Waals surface area contributed by atoms with Crippen molar-refractivity contribution in [3.8, 4) is 0 Å². The standard InChI is InChI=1S/C14H25NOS/c1-5-10(3)9-17-14(12(15)6-2)13-8-7-11(4)16-13/h7-8,10,12,14H,5-6,9,15H2,1-4H3. The highest BCUT2D eigenvalue weighted by molar-refractivity contribution is 7.99. The Morgan fingerprint density at radius 3 is 2.47 bits per heavy atom. The molecule has 1 heterocycles. The molecule has 1 aromatic heterocycles. The molecule has 0 aliphatic rings. The molecule has 3 unspecified atom stereocenters. The zero-order chi connectivity index (χ0) is 12.8. The second-order valence-electron chi connectivity index (χ2n) is 4.79. The van der Waals surface area contributed by atoms with E-state index in [1.54, 1.807) is 0 Å². The van der Waals surface area contributed by atoms with E-state index in [4.69, 9.17) is 10.2 Å². The van der Waals surface area contributed by atoms with Gasteiger partial charge in [-0.15, -0.1) is 11.8 Å². The number of thioether (sulfide) groups is 1. The molecule has 3 heteroatoms. The lowest BCUT2D eigenvalue weighted by atomic mass is 10.1. The maximum Gasteiger partial charge on any atom is 0.118 e. The zero-order valence-corrected chi connectivity index (χ0v) is 12.2. The van der Waals surface area contributed by atoms with Crippen LogP contribution in [0.1, 0.15) is 50.4 Å². The molecule has 2 N–H and O–H groups in total. The van der Waals surface area contributed by atoms with Crippen molar-refractivity contribution in [3.63, 3.8) is 0 Å². The predicted molar refractivity (Wildman–Crippen MR) is 76.4 cm³/mol. The van der Waals surface area contributed by atoms with Crippen LogP contribution in [-0.4, -0.2) is 11.8 Å². The summed E-state index contributed by atoms with van der Waals surface area (Å²) in [4.78, 5) is 0. The van der Waals surface area contributed by atoms with E-state index in [0.29, 0.717) is 5.25 Å². The molecule has 0 aliphatic carbocycles. The van der Waals surface area contributed by atoms with Crippen LogP contribution >= 0.6 is 11.8 Å². The third kappa shape index (κ3) is 4.40. The summed E-state index contributed by atoms with van der Waals surface area (Å²) in [5.74, 6) is 3.89. The summed E-state index contributed by atoms with van der Waals surface area (Å²) in [5.41, 5.74) is 6.21. The number of hydrogen-bond acceptors (Lipinski definition) is 3. The summed E-state index contributed by atoms with van der Waals surface area (Å²) in [6, 6.07) is 4.27. The Hall–Kier alpha value is -0.410. The molecular weight excluding hydrogens is 230 g/mol. The first-order valence-electron chi connectivity index (χ1n) is 6.51. The fourth-order valence-electron chi connectivity index (χ4n) is 1.62. The van der Waals surface area contributed by atoms with Gasteiger partial charge in [-0.3, -0.25) is 0 Å². The van der Waals surface area contributed by atoms with Crippen molar-refractivity contribution in [2.24, 2.45) is 11.7 Å². The molecule has 17 heavy (non-hydrogen) atoms. The van der Waals surface area contributed by atoms with Crippen LogP contribution in [0, 0.1) is 12.8 Å². The normalized spacial score (nSPS) is 16.8. The topological polar surface area (TPSA) is 39.2 Å². The van der Waals surface area contributed by atoms with Gasteiger partial charge in [0.25, 0.3) is 0 Å². The van der Waals surface area contributed by atoms with E-state index in [-0.39, 0.29) is 6.04 Å². The lowest BCUT2D eigenvalue weighted by Gasteiger charge is -2.22. The van der Waals surface area contributed by atoms with Gasteiger partial charge in [0, 0.05) is 6.04 Å². The first-order chi connectivity index (χ1) is 8.08. The molecule has 0 saturated carbocycles. The maximum absolute atomic E-state index is 6.21. The Bertz CT molecular complexity index is 324. The van der Waals surface area contributed by atoms with Crippen molar-refractivity contribution in [1.29, 1.82) is 0 Å². The highest BCUT2D eigenvalue weighted by atomic mass is 32.2.